The van der Waals surface area contributed by atoms with Gasteiger partial charge >= 0.3 is 0 Å². The largest absolute Gasteiger partial charge is 0.385 e. The summed E-state index contributed by atoms with van der Waals surface area (Å²) in [5.41, 5.74) is -0.467. The van der Waals surface area contributed by atoms with Gasteiger partial charge in [-0.25, -0.2) is 9.37 Å². The maximum atomic E-state index is 14.0. The van der Waals surface area contributed by atoms with Crippen LogP contribution in [0.2, 0.25) is 0 Å². The number of likely N-dealkylation sites (tertiary alicyclic amines) is 1. The van der Waals surface area contributed by atoms with E-state index in [1.807, 2.05) is 0 Å². The molecule has 4 heterocycles. The summed E-state index contributed by atoms with van der Waals surface area (Å²) in [5.74, 6) is 0.590. The minimum absolute atomic E-state index is 0.136. The highest BCUT2D eigenvalue weighted by Crippen LogP contribution is 2.38. The molecular weight excluding hydrogens is 391 g/mol. The predicted octanol–water partition coefficient (Wildman–Crippen LogP) is 2.71. The molecule has 30 heavy (non-hydrogen) atoms. The third-order valence-corrected chi connectivity index (χ3v) is 6.24. The van der Waals surface area contributed by atoms with Crippen molar-refractivity contribution in [2.24, 2.45) is 0 Å². The Bertz CT molecular complexity index is 860. The Morgan fingerprint density at radius 1 is 1.33 bits per heavy atom. The standard InChI is InChI=1S/C21H27FN4O4/c1-28-14-8-21(20-24-18(30-25-20)15-4-12-29-13-5-15)6-10-26(11-7-21)19(27)17-16(22)3-2-9-23-17/h2-3,9,15H,4-8,10-14H2,1H3. The summed E-state index contributed by atoms with van der Waals surface area (Å²) in [6.07, 6.45) is 5.23. The van der Waals surface area contributed by atoms with E-state index in [2.05, 4.69) is 10.1 Å². The molecule has 2 saturated heterocycles. The summed E-state index contributed by atoms with van der Waals surface area (Å²) in [4.78, 5) is 23.1. The van der Waals surface area contributed by atoms with Crippen LogP contribution in [0.25, 0.3) is 0 Å². The summed E-state index contributed by atoms with van der Waals surface area (Å²) >= 11 is 0. The molecule has 0 N–H and O–H groups in total. The average molecular weight is 418 g/mol. The number of rotatable bonds is 6. The van der Waals surface area contributed by atoms with Crippen LogP contribution in [0.4, 0.5) is 4.39 Å². The van der Waals surface area contributed by atoms with Gasteiger partial charge in [-0.2, -0.15) is 4.98 Å². The van der Waals surface area contributed by atoms with E-state index in [4.69, 9.17) is 19.0 Å². The van der Waals surface area contributed by atoms with Crippen molar-refractivity contribution in [3.05, 3.63) is 41.6 Å². The number of hydrogen-bond acceptors (Lipinski definition) is 7. The Balaban J connectivity index is 1.49. The lowest BCUT2D eigenvalue weighted by molar-refractivity contribution is 0.0605. The Labute approximate surface area is 174 Å². The van der Waals surface area contributed by atoms with Gasteiger partial charge in [-0.1, -0.05) is 5.16 Å². The van der Waals surface area contributed by atoms with E-state index in [1.165, 1.54) is 18.3 Å². The first-order valence-electron chi connectivity index (χ1n) is 10.4. The van der Waals surface area contributed by atoms with Crippen LogP contribution in [0.15, 0.2) is 22.9 Å². The van der Waals surface area contributed by atoms with Crippen molar-refractivity contribution in [3.63, 3.8) is 0 Å². The first kappa shape index (κ1) is 20.9. The van der Waals surface area contributed by atoms with Gasteiger partial charge in [0.1, 0.15) is 0 Å². The molecule has 0 aromatic carbocycles. The lowest BCUT2D eigenvalue weighted by atomic mass is 9.75. The van der Waals surface area contributed by atoms with Crippen molar-refractivity contribution >= 4 is 5.91 Å². The van der Waals surface area contributed by atoms with Gasteiger partial charge in [0.15, 0.2) is 17.3 Å². The van der Waals surface area contributed by atoms with Crippen LogP contribution >= 0.6 is 0 Å². The number of carbonyl (C=O) groups is 1. The van der Waals surface area contributed by atoms with Crippen molar-refractivity contribution in [2.75, 3.05) is 40.0 Å². The van der Waals surface area contributed by atoms with E-state index >= 15 is 0 Å². The van der Waals surface area contributed by atoms with Gasteiger partial charge in [-0.05, 0) is 44.2 Å². The van der Waals surface area contributed by atoms with E-state index in [0.29, 0.717) is 57.5 Å². The number of aromatic nitrogens is 3. The fraction of sp³-hybridized carbons (Fsp3) is 0.619. The van der Waals surface area contributed by atoms with Gasteiger partial charge in [0.05, 0.1) is 0 Å². The number of amides is 1. The highest BCUT2D eigenvalue weighted by Gasteiger charge is 2.42. The Morgan fingerprint density at radius 2 is 2.10 bits per heavy atom. The smallest absolute Gasteiger partial charge is 0.275 e. The average Bonchev–Trinajstić information content (AvgIpc) is 3.30. The fourth-order valence-corrected chi connectivity index (χ4v) is 4.27. The van der Waals surface area contributed by atoms with Crippen molar-refractivity contribution < 1.29 is 23.2 Å². The van der Waals surface area contributed by atoms with Gasteiger partial charge in [0, 0.05) is 57.5 Å². The number of halogens is 1. The molecule has 2 aromatic heterocycles. The topological polar surface area (TPSA) is 90.6 Å². The fourth-order valence-electron chi connectivity index (χ4n) is 4.27. The van der Waals surface area contributed by atoms with Crippen LogP contribution in [0.3, 0.4) is 0 Å². The lowest BCUT2D eigenvalue weighted by Gasteiger charge is -2.39. The van der Waals surface area contributed by atoms with E-state index in [9.17, 15) is 9.18 Å². The molecule has 0 bridgehead atoms. The summed E-state index contributed by atoms with van der Waals surface area (Å²) in [7, 11) is 1.67. The first-order chi connectivity index (χ1) is 14.6. The summed E-state index contributed by atoms with van der Waals surface area (Å²) < 4.78 is 30.4. The van der Waals surface area contributed by atoms with Gasteiger partial charge < -0.3 is 18.9 Å². The molecule has 0 saturated carbocycles. The van der Waals surface area contributed by atoms with E-state index in [1.54, 1.807) is 12.0 Å². The highest BCUT2D eigenvalue weighted by molar-refractivity contribution is 5.92. The number of ether oxygens (including phenoxy) is 2. The quantitative estimate of drug-likeness (QED) is 0.712. The number of piperidine rings is 1. The highest BCUT2D eigenvalue weighted by atomic mass is 19.1. The molecular formula is C21H27FN4O4. The first-order valence-corrected chi connectivity index (χ1v) is 10.4. The second kappa shape index (κ2) is 9.18. The number of methoxy groups -OCH3 is 1. The molecule has 2 aliphatic heterocycles. The van der Waals surface area contributed by atoms with Crippen LogP contribution in [0, 0.1) is 5.82 Å². The van der Waals surface area contributed by atoms with Crippen molar-refractivity contribution in [1.29, 1.82) is 0 Å². The predicted molar refractivity (Wildman–Crippen MR) is 105 cm³/mol. The minimum Gasteiger partial charge on any atom is -0.385 e. The van der Waals surface area contributed by atoms with Gasteiger partial charge in [-0.3, -0.25) is 4.79 Å². The maximum absolute atomic E-state index is 14.0. The number of nitrogens with zero attached hydrogens (tertiary/aromatic N) is 4. The third kappa shape index (κ3) is 4.22. The molecule has 1 amide bonds. The molecule has 2 aliphatic rings. The molecule has 0 aliphatic carbocycles. The normalized spacial score (nSPS) is 19.7. The summed E-state index contributed by atoms with van der Waals surface area (Å²) in [5, 5.41) is 4.32. The number of pyridine rings is 1. The zero-order valence-electron chi connectivity index (χ0n) is 17.2. The van der Waals surface area contributed by atoms with E-state index in [0.717, 1.165) is 19.3 Å². The van der Waals surface area contributed by atoms with E-state index in [-0.39, 0.29) is 22.9 Å². The number of carbonyl (C=O) groups excluding carboxylic acids is 1. The van der Waals surface area contributed by atoms with Crippen LogP contribution < -0.4 is 0 Å². The van der Waals surface area contributed by atoms with Crippen molar-refractivity contribution in [1.82, 2.24) is 20.0 Å². The summed E-state index contributed by atoms with van der Waals surface area (Å²) in [6, 6.07) is 2.73. The molecule has 0 atom stereocenters. The molecule has 0 unspecified atom stereocenters. The lowest BCUT2D eigenvalue weighted by Crippen LogP contribution is -2.46. The van der Waals surface area contributed by atoms with Crippen LogP contribution in [0.1, 0.15) is 60.2 Å². The molecule has 4 rings (SSSR count). The van der Waals surface area contributed by atoms with Gasteiger partial charge in [0.25, 0.3) is 5.91 Å². The van der Waals surface area contributed by atoms with Crippen molar-refractivity contribution in [2.45, 2.75) is 43.4 Å². The molecule has 2 fully saturated rings. The molecule has 0 radical (unpaired) electrons. The van der Waals surface area contributed by atoms with Crippen LogP contribution in [0.5, 0.6) is 0 Å². The number of hydrogen-bond donors (Lipinski definition) is 0. The minimum atomic E-state index is -0.599. The van der Waals surface area contributed by atoms with Gasteiger partial charge in [-0.15, -0.1) is 0 Å². The van der Waals surface area contributed by atoms with Crippen LogP contribution in [-0.4, -0.2) is 66.0 Å². The zero-order chi connectivity index (χ0) is 21.0. The molecule has 0 spiro atoms. The molecule has 9 heteroatoms. The Morgan fingerprint density at radius 3 is 2.80 bits per heavy atom. The zero-order valence-corrected chi connectivity index (χ0v) is 17.2. The Kier molecular flexibility index (Phi) is 6.38. The maximum Gasteiger partial charge on any atom is 0.275 e. The molecule has 8 nitrogen and oxygen atoms in total. The van der Waals surface area contributed by atoms with Crippen LogP contribution in [-0.2, 0) is 14.9 Å². The SMILES string of the molecule is COCCC1(c2noc(C3CCOCC3)n2)CCN(C(=O)c2ncccc2F)CC1. The Hall–Kier alpha value is -2.39. The molecule has 2 aromatic rings. The molecule has 162 valence electrons. The second-order valence-corrected chi connectivity index (χ2v) is 7.99. The van der Waals surface area contributed by atoms with Crippen molar-refractivity contribution in [3.8, 4) is 0 Å². The summed E-state index contributed by atoms with van der Waals surface area (Å²) in [6.45, 7) is 2.92. The van der Waals surface area contributed by atoms with E-state index < -0.39 is 5.82 Å². The second-order valence-electron chi connectivity index (χ2n) is 7.99. The van der Waals surface area contributed by atoms with Gasteiger partial charge in [0.2, 0.25) is 5.89 Å². The third-order valence-electron chi connectivity index (χ3n) is 6.24. The monoisotopic (exact) mass is 418 g/mol.